The maximum absolute atomic E-state index is 9.11. The first-order chi connectivity index (χ1) is 3.46. The zero-order valence-electron chi connectivity index (χ0n) is 5.09. The van der Waals surface area contributed by atoms with Gasteiger partial charge in [-0.2, -0.15) is 0 Å². The first-order valence-corrected chi connectivity index (χ1v) is 1.69. The Morgan fingerprint density at radius 1 is 1.00 bits per heavy atom. The Bertz CT molecular complexity index is 74.6. The first-order valence-electron chi connectivity index (χ1n) is 1.69. The quantitative estimate of drug-likeness (QED) is 0.356. The maximum Gasteiger partial charge on any atom is 2.00 e. The molecule has 0 aromatic heterocycles. The Morgan fingerprint density at radius 3 is 1.00 bits per heavy atom. The number of amides is 2. The van der Waals surface area contributed by atoms with Crippen LogP contribution in [0.4, 0.5) is 0 Å². The Balaban J connectivity index is -0.0000000720. The third-order valence-electron chi connectivity index (χ3n) is 0. The van der Waals surface area contributed by atoms with Crippen LogP contribution in [-0.2, 0) is 29.1 Å². The molecule has 0 aliphatic rings. The number of nitrogens with two attached hydrogens (primary N) is 2. The summed E-state index contributed by atoms with van der Waals surface area (Å²) in [6, 6.07) is 0. The molecule has 2 amide bonds. The largest absolute Gasteiger partial charge is 2.00 e. The molecule has 4 N–H and O–H groups in total. The summed E-state index contributed by atoms with van der Waals surface area (Å²) in [7, 11) is 0. The summed E-state index contributed by atoms with van der Waals surface area (Å²) in [5.41, 5.74) is 8.72. The molecule has 0 unspecified atom stereocenters. The van der Waals surface area contributed by atoms with Crippen LogP contribution in [0.25, 0.3) is 0 Å². The van der Waals surface area contributed by atoms with Crippen LogP contribution < -0.4 is 11.5 Å². The second-order valence-corrected chi connectivity index (χ2v) is 0.933. The third kappa shape index (κ3) is 423. The van der Waals surface area contributed by atoms with Crippen molar-refractivity contribution in [1.29, 1.82) is 0 Å². The van der Waals surface area contributed by atoms with Crippen LogP contribution in [-0.4, -0.2) is 11.8 Å². The normalized spacial score (nSPS) is 5.33. The molecular formula is C4H8N2O2Zn. The third-order valence-corrected chi connectivity index (χ3v) is 0. The summed E-state index contributed by atoms with van der Waals surface area (Å²) in [5.74, 6) is -1.17. The van der Waals surface area contributed by atoms with Crippen molar-refractivity contribution in [2.24, 2.45) is 11.5 Å². The van der Waals surface area contributed by atoms with Gasteiger partial charge >= 0.3 is 19.5 Å². The van der Waals surface area contributed by atoms with Crippen LogP contribution in [0, 0.1) is 13.8 Å². The van der Waals surface area contributed by atoms with Gasteiger partial charge < -0.3 is 34.9 Å². The van der Waals surface area contributed by atoms with Crippen molar-refractivity contribution in [2.45, 2.75) is 0 Å². The molecule has 0 fully saturated rings. The summed E-state index contributed by atoms with van der Waals surface area (Å²) in [4.78, 5) is 18.2. The second kappa shape index (κ2) is 10.3. The summed E-state index contributed by atoms with van der Waals surface area (Å²) in [6.45, 7) is 5.56. The fourth-order valence-electron chi connectivity index (χ4n) is 0. The Labute approximate surface area is 66.7 Å². The fraction of sp³-hybridized carbons (Fsp3) is 0. The minimum absolute atomic E-state index is 0. The van der Waals surface area contributed by atoms with E-state index in [9.17, 15) is 0 Å². The topological polar surface area (TPSA) is 86.2 Å². The van der Waals surface area contributed by atoms with Crippen LogP contribution in [0.5, 0.6) is 0 Å². The maximum atomic E-state index is 9.11. The molecule has 5 heteroatoms. The van der Waals surface area contributed by atoms with E-state index in [0.29, 0.717) is 0 Å². The molecule has 0 aliphatic carbocycles. The van der Waals surface area contributed by atoms with Crippen molar-refractivity contribution < 1.29 is 29.1 Å². The van der Waals surface area contributed by atoms with Gasteiger partial charge in [-0.25, -0.2) is 0 Å². The van der Waals surface area contributed by atoms with Crippen molar-refractivity contribution in [1.82, 2.24) is 0 Å². The summed E-state index contributed by atoms with van der Waals surface area (Å²) in [6.07, 6.45) is 0. The van der Waals surface area contributed by atoms with Gasteiger partial charge in [-0.3, -0.25) is 0 Å². The minimum atomic E-state index is -0.583. The van der Waals surface area contributed by atoms with Crippen molar-refractivity contribution in [2.75, 3.05) is 0 Å². The van der Waals surface area contributed by atoms with E-state index in [2.05, 4.69) is 25.3 Å². The summed E-state index contributed by atoms with van der Waals surface area (Å²) in [5, 5.41) is 0. The molecule has 0 aliphatic heterocycles. The van der Waals surface area contributed by atoms with Crippen molar-refractivity contribution >= 4 is 11.8 Å². The molecule has 0 radical (unpaired) electrons. The fourth-order valence-corrected chi connectivity index (χ4v) is 0. The number of rotatable bonds is 0. The van der Waals surface area contributed by atoms with Crippen LogP contribution in [0.15, 0.2) is 0 Å². The van der Waals surface area contributed by atoms with Gasteiger partial charge in [-0.05, 0) is 0 Å². The van der Waals surface area contributed by atoms with E-state index in [1.54, 1.807) is 0 Å². The van der Waals surface area contributed by atoms with E-state index in [-0.39, 0.29) is 19.5 Å². The average Bonchev–Trinajstić information content (AvgIpc) is 1.25. The average molecular weight is 182 g/mol. The molecule has 0 bridgehead atoms. The van der Waals surface area contributed by atoms with E-state index in [1.807, 2.05) is 0 Å². The Hall–Kier alpha value is -0.697. The number of primary amides is 2. The van der Waals surface area contributed by atoms with Crippen molar-refractivity contribution in [3.63, 3.8) is 0 Å². The molecule has 48 valence electrons. The molecule has 0 aromatic carbocycles. The molecule has 0 heterocycles. The van der Waals surface area contributed by atoms with E-state index < -0.39 is 11.8 Å². The van der Waals surface area contributed by atoms with Gasteiger partial charge in [-0.15, -0.1) is 0 Å². The predicted octanol–water partition coefficient (Wildman–Crippen LogP) is -1.39. The van der Waals surface area contributed by atoms with Gasteiger partial charge in [0.25, 0.3) is 0 Å². The van der Waals surface area contributed by atoms with Crippen molar-refractivity contribution in [3.8, 4) is 0 Å². The van der Waals surface area contributed by atoms with Crippen LogP contribution in [0.3, 0.4) is 0 Å². The van der Waals surface area contributed by atoms with Gasteiger partial charge in [0.15, 0.2) is 0 Å². The number of hydrogen-bond donors (Lipinski definition) is 2. The van der Waals surface area contributed by atoms with E-state index in [1.165, 1.54) is 0 Å². The molecule has 0 spiro atoms. The molecule has 9 heavy (non-hydrogen) atoms. The van der Waals surface area contributed by atoms with Gasteiger partial charge in [0.05, 0.1) is 11.8 Å². The summed E-state index contributed by atoms with van der Waals surface area (Å²) < 4.78 is 0. The van der Waals surface area contributed by atoms with Crippen LogP contribution >= 0.6 is 0 Å². The molecule has 0 atom stereocenters. The molecule has 0 aromatic rings. The molecule has 4 nitrogen and oxygen atoms in total. The van der Waals surface area contributed by atoms with E-state index in [0.717, 1.165) is 0 Å². The van der Waals surface area contributed by atoms with Crippen LogP contribution in [0.2, 0.25) is 0 Å². The smallest absolute Gasteiger partial charge is 0.395 e. The van der Waals surface area contributed by atoms with Crippen molar-refractivity contribution in [3.05, 3.63) is 13.8 Å². The van der Waals surface area contributed by atoms with Gasteiger partial charge in [0.1, 0.15) is 0 Å². The SMILES string of the molecule is [CH2-]C(N)=O.[CH2-]C(N)=O.[Zn+2]. The first kappa shape index (κ1) is 15.7. The monoisotopic (exact) mass is 180 g/mol. The Kier molecular flexibility index (Phi) is 18.1. The van der Waals surface area contributed by atoms with Gasteiger partial charge in [-0.1, -0.05) is 0 Å². The second-order valence-electron chi connectivity index (χ2n) is 0.933. The number of carbonyl (C=O) groups is 2. The van der Waals surface area contributed by atoms with Gasteiger partial charge in [0, 0.05) is 0 Å². The zero-order chi connectivity index (χ0) is 7.15. The van der Waals surface area contributed by atoms with E-state index in [4.69, 9.17) is 9.59 Å². The number of carbonyl (C=O) groups excluding carboxylic acids is 2. The molecule has 0 rings (SSSR count). The Morgan fingerprint density at radius 2 is 1.00 bits per heavy atom. The molecular weight excluding hydrogens is 173 g/mol. The summed E-state index contributed by atoms with van der Waals surface area (Å²) >= 11 is 0. The molecule has 0 saturated heterocycles. The zero-order valence-corrected chi connectivity index (χ0v) is 8.06. The standard InChI is InChI=1S/2C2H4NO.Zn/c2*1-2(3)4;/h2*1H2,(H2,3,4);/q2*-1;+2. The van der Waals surface area contributed by atoms with E-state index >= 15 is 0 Å². The van der Waals surface area contributed by atoms with Crippen LogP contribution in [0.1, 0.15) is 0 Å². The molecule has 0 saturated carbocycles. The number of hydrogen-bond acceptors (Lipinski definition) is 2. The minimum Gasteiger partial charge on any atom is -0.395 e. The van der Waals surface area contributed by atoms with Gasteiger partial charge in [0.2, 0.25) is 0 Å². The predicted molar refractivity (Wildman–Crippen MR) is 29.1 cm³/mol.